The molecule has 2 N–H and O–H groups in total. The molecule has 3 heterocycles. The summed E-state index contributed by atoms with van der Waals surface area (Å²) in [7, 11) is 0. The summed E-state index contributed by atoms with van der Waals surface area (Å²) in [6, 6.07) is 1.31. The normalized spacial score (nSPS) is 19.0. The molecular weight excluding hydrogens is 389 g/mol. The highest BCUT2D eigenvalue weighted by atomic mass is 19.4. The topological polar surface area (TPSA) is 94.0 Å². The van der Waals surface area contributed by atoms with Gasteiger partial charge in [-0.3, -0.25) is 4.79 Å². The van der Waals surface area contributed by atoms with Gasteiger partial charge in [0.2, 0.25) is 5.95 Å². The standard InChI is InChI=1S/C18H21F3N6O2/c1-17(4-5-17)26-15-13(18(19,20)21)10-22-16(25-15)24-11-8-14(28)27(23-9-11)12-2-6-29-7-3-12/h8-10,12H,2-7H2,1H3,(H2,22,24,25,26). The van der Waals surface area contributed by atoms with Gasteiger partial charge in [0.1, 0.15) is 11.4 Å². The van der Waals surface area contributed by atoms with E-state index in [1.807, 2.05) is 6.92 Å². The van der Waals surface area contributed by atoms with Gasteiger partial charge in [-0.2, -0.15) is 23.3 Å². The largest absolute Gasteiger partial charge is 0.421 e. The molecule has 2 aromatic heterocycles. The van der Waals surface area contributed by atoms with Crippen LogP contribution < -0.4 is 16.2 Å². The van der Waals surface area contributed by atoms with Gasteiger partial charge in [0.15, 0.2) is 0 Å². The number of hydrogen-bond donors (Lipinski definition) is 2. The van der Waals surface area contributed by atoms with Gasteiger partial charge in [-0.15, -0.1) is 0 Å². The van der Waals surface area contributed by atoms with Crippen LogP contribution in [0.3, 0.4) is 0 Å². The van der Waals surface area contributed by atoms with E-state index in [1.165, 1.54) is 16.9 Å². The molecule has 1 saturated heterocycles. The number of nitrogens with one attached hydrogen (secondary N) is 2. The van der Waals surface area contributed by atoms with E-state index in [-0.39, 0.29) is 23.4 Å². The van der Waals surface area contributed by atoms with Crippen molar-refractivity contribution in [1.29, 1.82) is 0 Å². The van der Waals surface area contributed by atoms with E-state index in [0.29, 0.717) is 31.7 Å². The number of anilines is 3. The zero-order valence-corrected chi connectivity index (χ0v) is 15.8. The quantitative estimate of drug-likeness (QED) is 0.782. The van der Waals surface area contributed by atoms with Crippen molar-refractivity contribution in [1.82, 2.24) is 19.7 Å². The molecule has 2 aromatic rings. The number of rotatable bonds is 5. The van der Waals surface area contributed by atoms with Gasteiger partial charge in [-0.05, 0) is 32.6 Å². The summed E-state index contributed by atoms with van der Waals surface area (Å²) >= 11 is 0. The predicted molar refractivity (Wildman–Crippen MR) is 99.2 cm³/mol. The van der Waals surface area contributed by atoms with Gasteiger partial charge >= 0.3 is 6.18 Å². The highest BCUT2D eigenvalue weighted by Gasteiger charge is 2.42. The number of hydrogen-bond acceptors (Lipinski definition) is 7. The summed E-state index contributed by atoms with van der Waals surface area (Å²) in [6.07, 6.45) is 0.549. The lowest BCUT2D eigenvalue weighted by Crippen LogP contribution is -2.30. The number of ether oxygens (including phenoxy) is 1. The van der Waals surface area contributed by atoms with Crippen LogP contribution in [0, 0.1) is 0 Å². The lowest BCUT2D eigenvalue weighted by atomic mass is 10.1. The highest BCUT2D eigenvalue weighted by Crippen LogP contribution is 2.41. The Morgan fingerprint density at radius 2 is 1.97 bits per heavy atom. The first-order valence-corrected chi connectivity index (χ1v) is 9.40. The molecule has 2 aliphatic rings. The first-order chi connectivity index (χ1) is 13.7. The van der Waals surface area contributed by atoms with Gasteiger partial charge in [-0.1, -0.05) is 0 Å². The van der Waals surface area contributed by atoms with E-state index in [0.717, 1.165) is 19.0 Å². The molecule has 2 fully saturated rings. The minimum Gasteiger partial charge on any atom is -0.381 e. The molecule has 0 radical (unpaired) electrons. The van der Waals surface area contributed by atoms with Gasteiger partial charge in [-0.25, -0.2) is 9.67 Å². The summed E-state index contributed by atoms with van der Waals surface area (Å²) in [6.45, 7) is 2.99. The number of aromatic nitrogens is 4. The van der Waals surface area contributed by atoms with E-state index in [4.69, 9.17) is 4.74 Å². The van der Waals surface area contributed by atoms with Crippen LogP contribution in [0.2, 0.25) is 0 Å². The van der Waals surface area contributed by atoms with Crippen molar-refractivity contribution < 1.29 is 17.9 Å². The van der Waals surface area contributed by atoms with Gasteiger partial charge < -0.3 is 15.4 Å². The van der Waals surface area contributed by atoms with Crippen molar-refractivity contribution in [2.45, 2.75) is 50.4 Å². The molecule has 29 heavy (non-hydrogen) atoms. The van der Waals surface area contributed by atoms with Crippen molar-refractivity contribution in [2.24, 2.45) is 0 Å². The van der Waals surface area contributed by atoms with Crippen LogP contribution in [0.25, 0.3) is 0 Å². The number of nitrogens with zero attached hydrogens (tertiary/aromatic N) is 4. The number of alkyl halides is 3. The van der Waals surface area contributed by atoms with Crippen LogP contribution in [0.4, 0.5) is 30.6 Å². The van der Waals surface area contributed by atoms with Gasteiger partial charge in [0.05, 0.1) is 17.9 Å². The molecule has 8 nitrogen and oxygen atoms in total. The lowest BCUT2D eigenvalue weighted by Gasteiger charge is -2.23. The third-order valence-corrected chi connectivity index (χ3v) is 5.13. The highest BCUT2D eigenvalue weighted by molar-refractivity contribution is 5.56. The molecule has 1 aliphatic carbocycles. The maximum atomic E-state index is 13.3. The molecule has 0 atom stereocenters. The third-order valence-electron chi connectivity index (χ3n) is 5.13. The Labute approximate surface area is 164 Å². The second kappa shape index (κ2) is 7.29. The molecule has 0 bridgehead atoms. The smallest absolute Gasteiger partial charge is 0.381 e. The van der Waals surface area contributed by atoms with E-state index in [2.05, 4.69) is 25.7 Å². The first-order valence-electron chi connectivity index (χ1n) is 9.40. The monoisotopic (exact) mass is 410 g/mol. The van der Waals surface area contributed by atoms with Crippen LogP contribution in [-0.2, 0) is 10.9 Å². The fourth-order valence-electron chi connectivity index (χ4n) is 3.16. The van der Waals surface area contributed by atoms with Gasteiger partial charge in [0, 0.05) is 31.0 Å². The van der Waals surface area contributed by atoms with Crippen LogP contribution >= 0.6 is 0 Å². The molecule has 1 aliphatic heterocycles. The molecule has 1 saturated carbocycles. The van der Waals surface area contributed by atoms with Crippen molar-refractivity contribution in [3.63, 3.8) is 0 Å². The second-order valence-electron chi connectivity index (χ2n) is 7.63. The third kappa shape index (κ3) is 4.50. The van der Waals surface area contributed by atoms with Crippen LogP contribution in [-0.4, -0.2) is 38.5 Å². The van der Waals surface area contributed by atoms with Crippen LogP contribution in [0.15, 0.2) is 23.3 Å². The maximum absolute atomic E-state index is 13.3. The second-order valence-corrected chi connectivity index (χ2v) is 7.63. The minimum absolute atomic E-state index is 0.0253. The molecule has 0 aromatic carbocycles. The van der Waals surface area contributed by atoms with E-state index in [9.17, 15) is 18.0 Å². The summed E-state index contributed by atoms with van der Waals surface area (Å²) in [5.74, 6) is -0.326. The van der Waals surface area contributed by atoms with E-state index >= 15 is 0 Å². The van der Waals surface area contributed by atoms with Crippen LogP contribution in [0.5, 0.6) is 0 Å². The Morgan fingerprint density at radius 3 is 2.59 bits per heavy atom. The SMILES string of the molecule is CC1(Nc2nc(Nc3cnn(C4CCOCC4)c(=O)c3)ncc2C(F)(F)F)CC1. The van der Waals surface area contributed by atoms with Crippen molar-refractivity contribution in [2.75, 3.05) is 23.8 Å². The van der Waals surface area contributed by atoms with E-state index < -0.39 is 17.3 Å². The summed E-state index contributed by atoms with van der Waals surface area (Å²) in [5.41, 5.74) is -1.32. The molecule has 0 amide bonds. The Morgan fingerprint density at radius 1 is 1.24 bits per heavy atom. The molecule has 156 valence electrons. The van der Waals surface area contributed by atoms with Crippen molar-refractivity contribution >= 4 is 17.5 Å². The van der Waals surface area contributed by atoms with E-state index in [1.54, 1.807) is 0 Å². The zero-order chi connectivity index (χ0) is 20.6. The molecule has 0 unspecified atom stereocenters. The average Bonchev–Trinajstić information content (AvgIpc) is 3.38. The zero-order valence-electron chi connectivity index (χ0n) is 15.8. The Kier molecular flexibility index (Phi) is 4.93. The van der Waals surface area contributed by atoms with Crippen molar-refractivity contribution in [3.05, 3.63) is 34.4 Å². The van der Waals surface area contributed by atoms with Gasteiger partial charge in [0.25, 0.3) is 5.56 Å². The predicted octanol–water partition coefficient (Wildman–Crippen LogP) is 3.11. The average molecular weight is 410 g/mol. The first kappa shape index (κ1) is 19.6. The molecule has 4 rings (SSSR count). The summed E-state index contributed by atoms with van der Waals surface area (Å²) in [4.78, 5) is 20.1. The summed E-state index contributed by atoms with van der Waals surface area (Å²) < 4.78 is 46.5. The minimum atomic E-state index is -4.57. The fraction of sp³-hybridized carbons (Fsp3) is 0.556. The molecule has 0 spiro atoms. The fourth-order valence-corrected chi connectivity index (χ4v) is 3.16. The Bertz CT molecular complexity index is 951. The molecular formula is C18H21F3N6O2. The van der Waals surface area contributed by atoms with Crippen molar-refractivity contribution in [3.8, 4) is 0 Å². The maximum Gasteiger partial charge on any atom is 0.421 e. The lowest BCUT2D eigenvalue weighted by molar-refractivity contribution is -0.137. The summed E-state index contributed by atoms with van der Waals surface area (Å²) in [5, 5.41) is 9.80. The van der Waals surface area contributed by atoms with Crippen LogP contribution in [0.1, 0.15) is 44.2 Å². The number of halogens is 3. The Hall–Kier alpha value is -2.69. The Balaban J connectivity index is 1.56. The molecule has 11 heteroatoms.